The van der Waals surface area contributed by atoms with Crippen molar-refractivity contribution in [3.05, 3.63) is 28.8 Å². The van der Waals surface area contributed by atoms with Gasteiger partial charge in [-0.3, -0.25) is 0 Å². The number of aliphatic hydroxyl groups is 1. The molecule has 1 aliphatic heterocycles. The summed E-state index contributed by atoms with van der Waals surface area (Å²) in [5.41, 5.74) is 0.717. The molecule has 0 saturated carbocycles. The van der Waals surface area contributed by atoms with E-state index in [0.29, 0.717) is 22.9 Å². The van der Waals surface area contributed by atoms with Gasteiger partial charge >= 0.3 is 0 Å². The summed E-state index contributed by atoms with van der Waals surface area (Å²) < 4.78 is 5.16. The fourth-order valence-electron chi connectivity index (χ4n) is 1.22. The van der Waals surface area contributed by atoms with Crippen molar-refractivity contribution in [3.63, 3.8) is 0 Å². The van der Waals surface area contributed by atoms with Crippen molar-refractivity contribution < 1.29 is 9.84 Å². The average molecular weight is 171 g/mol. The number of rotatable bonds is 0. The third-order valence-corrected chi connectivity index (χ3v) is 2.07. The van der Waals surface area contributed by atoms with E-state index in [9.17, 15) is 5.11 Å². The van der Waals surface area contributed by atoms with Gasteiger partial charge in [0.05, 0.1) is 5.02 Å². The number of ether oxygens (including phenoxy) is 1. The fourth-order valence-corrected chi connectivity index (χ4v) is 1.51. The molecule has 1 unspecified atom stereocenters. The largest absolute Gasteiger partial charge is 0.490 e. The van der Waals surface area contributed by atoms with Crippen molar-refractivity contribution in [2.45, 2.75) is 6.10 Å². The van der Waals surface area contributed by atoms with Gasteiger partial charge in [-0.25, -0.2) is 0 Å². The second-order valence-corrected chi connectivity index (χ2v) is 2.89. The maximum absolute atomic E-state index is 9.35. The van der Waals surface area contributed by atoms with Crippen LogP contribution < -0.4 is 4.74 Å². The molecule has 0 fully saturated rings. The van der Waals surface area contributed by atoms with Gasteiger partial charge in [-0.1, -0.05) is 17.7 Å². The molecule has 0 saturated heterocycles. The molecule has 0 aromatic heterocycles. The van der Waals surface area contributed by atoms with E-state index >= 15 is 0 Å². The molecule has 2 rings (SSSR count). The fraction of sp³-hybridized carbons (Fsp3) is 0.250. The molecule has 11 heavy (non-hydrogen) atoms. The predicted molar refractivity (Wildman–Crippen MR) is 41.9 cm³/mol. The molecule has 58 valence electrons. The highest BCUT2D eigenvalue weighted by molar-refractivity contribution is 6.31. The maximum Gasteiger partial charge on any atom is 0.126 e. The van der Waals surface area contributed by atoms with Crippen LogP contribution in [0, 0.1) is 0 Å². The molecule has 0 spiro atoms. The van der Waals surface area contributed by atoms with Crippen molar-refractivity contribution in [2.24, 2.45) is 0 Å². The number of aliphatic hydroxyl groups excluding tert-OH is 1. The molecule has 0 radical (unpaired) electrons. The topological polar surface area (TPSA) is 29.5 Å². The molecule has 1 aromatic carbocycles. The van der Waals surface area contributed by atoms with Crippen LogP contribution in [-0.2, 0) is 0 Å². The number of hydrogen-bond donors (Lipinski definition) is 1. The van der Waals surface area contributed by atoms with Crippen molar-refractivity contribution in [3.8, 4) is 5.75 Å². The summed E-state index contributed by atoms with van der Waals surface area (Å²) in [5.74, 6) is 0.699. The summed E-state index contributed by atoms with van der Waals surface area (Å²) in [6.45, 7) is 0.319. The van der Waals surface area contributed by atoms with E-state index in [4.69, 9.17) is 16.3 Å². The third kappa shape index (κ3) is 0.988. The van der Waals surface area contributed by atoms with Crippen LogP contribution in [0.2, 0.25) is 5.02 Å². The first kappa shape index (κ1) is 6.95. The number of hydrogen-bond acceptors (Lipinski definition) is 2. The quantitative estimate of drug-likeness (QED) is 0.643. The van der Waals surface area contributed by atoms with Crippen molar-refractivity contribution >= 4 is 11.6 Å². The minimum atomic E-state index is -0.557. The van der Waals surface area contributed by atoms with Gasteiger partial charge in [0.1, 0.15) is 18.5 Å². The van der Waals surface area contributed by atoms with Crippen LogP contribution in [0.5, 0.6) is 5.75 Å². The van der Waals surface area contributed by atoms with E-state index in [1.165, 1.54) is 0 Å². The van der Waals surface area contributed by atoms with Gasteiger partial charge < -0.3 is 9.84 Å². The Kier molecular flexibility index (Phi) is 1.51. The van der Waals surface area contributed by atoms with Crippen molar-refractivity contribution in [1.82, 2.24) is 0 Å². The zero-order valence-corrected chi connectivity index (χ0v) is 6.51. The summed E-state index contributed by atoms with van der Waals surface area (Å²) in [6, 6.07) is 5.36. The van der Waals surface area contributed by atoms with E-state index in [2.05, 4.69) is 0 Å². The lowest BCUT2D eigenvalue weighted by Crippen LogP contribution is -1.97. The van der Waals surface area contributed by atoms with Crippen LogP contribution in [0.25, 0.3) is 0 Å². The SMILES string of the molecule is OC1COc2cccc(Cl)c21. The van der Waals surface area contributed by atoms with E-state index in [1.54, 1.807) is 18.2 Å². The third-order valence-electron chi connectivity index (χ3n) is 1.74. The maximum atomic E-state index is 9.35. The zero-order chi connectivity index (χ0) is 7.84. The second kappa shape index (κ2) is 2.40. The molecular weight excluding hydrogens is 164 g/mol. The highest BCUT2D eigenvalue weighted by atomic mass is 35.5. The molecule has 1 N–H and O–H groups in total. The van der Waals surface area contributed by atoms with Crippen molar-refractivity contribution in [1.29, 1.82) is 0 Å². The monoisotopic (exact) mass is 170 g/mol. The predicted octanol–water partition coefficient (Wildman–Crippen LogP) is 1.77. The van der Waals surface area contributed by atoms with E-state index in [1.807, 2.05) is 0 Å². The first-order valence-corrected chi connectivity index (χ1v) is 3.76. The van der Waals surface area contributed by atoms with Gasteiger partial charge in [0.15, 0.2) is 0 Å². The lowest BCUT2D eigenvalue weighted by atomic mass is 10.1. The zero-order valence-electron chi connectivity index (χ0n) is 5.75. The lowest BCUT2D eigenvalue weighted by Gasteiger charge is -2.00. The Bertz CT molecular complexity index is 285. The van der Waals surface area contributed by atoms with Gasteiger partial charge in [-0.2, -0.15) is 0 Å². The summed E-state index contributed by atoms with van der Waals surface area (Å²) in [5, 5.41) is 9.93. The van der Waals surface area contributed by atoms with Crippen LogP contribution >= 0.6 is 11.6 Å². The van der Waals surface area contributed by atoms with Crippen LogP contribution in [0.1, 0.15) is 11.7 Å². The van der Waals surface area contributed by atoms with Crippen LogP contribution in [-0.4, -0.2) is 11.7 Å². The Morgan fingerprint density at radius 3 is 3.09 bits per heavy atom. The summed E-state index contributed by atoms with van der Waals surface area (Å²) in [7, 11) is 0. The first-order valence-electron chi connectivity index (χ1n) is 3.38. The Morgan fingerprint density at radius 1 is 1.55 bits per heavy atom. The van der Waals surface area contributed by atoms with E-state index < -0.39 is 6.10 Å². The highest BCUT2D eigenvalue weighted by Crippen LogP contribution is 2.36. The molecule has 1 atom stereocenters. The summed E-state index contributed by atoms with van der Waals surface area (Å²) in [4.78, 5) is 0. The molecule has 0 bridgehead atoms. The molecular formula is C8H7ClO2. The Hall–Kier alpha value is -0.730. The first-order chi connectivity index (χ1) is 5.29. The summed E-state index contributed by atoms with van der Waals surface area (Å²) in [6.07, 6.45) is -0.557. The Balaban J connectivity index is 2.58. The second-order valence-electron chi connectivity index (χ2n) is 2.48. The van der Waals surface area contributed by atoms with Crippen LogP contribution in [0.3, 0.4) is 0 Å². The molecule has 1 aromatic rings. The molecule has 2 nitrogen and oxygen atoms in total. The molecule has 0 amide bonds. The van der Waals surface area contributed by atoms with Gasteiger partial charge in [-0.05, 0) is 12.1 Å². The smallest absolute Gasteiger partial charge is 0.126 e. The molecule has 1 heterocycles. The van der Waals surface area contributed by atoms with E-state index in [0.717, 1.165) is 0 Å². The minimum Gasteiger partial charge on any atom is -0.490 e. The van der Waals surface area contributed by atoms with Crippen LogP contribution in [0.4, 0.5) is 0 Å². The minimum absolute atomic E-state index is 0.319. The summed E-state index contributed by atoms with van der Waals surface area (Å²) >= 11 is 5.82. The van der Waals surface area contributed by atoms with E-state index in [-0.39, 0.29) is 0 Å². The average Bonchev–Trinajstić information content (AvgIpc) is 2.34. The van der Waals surface area contributed by atoms with Crippen LogP contribution in [0.15, 0.2) is 18.2 Å². The molecule has 1 aliphatic rings. The number of benzene rings is 1. The Labute approximate surface area is 69.4 Å². The number of fused-ring (bicyclic) bond motifs is 1. The van der Waals surface area contributed by atoms with Gasteiger partial charge in [0.2, 0.25) is 0 Å². The van der Waals surface area contributed by atoms with Crippen molar-refractivity contribution in [2.75, 3.05) is 6.61 Å². The van der Waals surface area contributed by atoms with Gasteiger partial charge in [-0.15, -0.1) is 0 Å². The molecule has 3 heteroatoms. The standard InChI is InChI=1S/C8H7ClO2/c9-5-2-1-3-7-8(5)6(10)4-11-7/h1-3,6,10H,4H2. The Morgan fingerprint density at radius 2 is 2.36 bits per heavy atom. The molecule has 0 aliphatic carbocycles. The highest BCUT2D eigenvalue weighted by Gasteiger charge is 2.23. The number of halogens is 1. The van der Waals surface area contributed by atoms with Gasteiger partial charge in [0.25, 0.3) is 0 Å². The van der Waals surface area contributed by atoms with Gasteiger partial charge in [0, 0.05) is 5.56 Å². The lowest BCUT2D eigenvalue weighted by molar-refractivity contribution is 0.140. The normalized spacial score (nSPS) is 21.1.